The van der Waals surface area contributed by atoms with E-state index in [0.717, 1.165) is 22.1 Å². The summed E-state index contributed by atoms with van der Waals surface area (Å²) in [5.41, 5.74) is 3.51. The average molecular weight is 1020 g/mol. The Kier molecular flexibility index (Phi) is 14.3. The van der Waals surface area contributed by atoms with Gasteiger partial charge in [-0.15, -0.1) is 43.3 Å². The molecule has 3 heterocycles. The molecule has 0 radical (unpaired) electrons. The number of pyridine rings is 1. The quantitative estimate of drug-likeness (QED) is 0.0771. The number of aromatic carboxylic acids is 1. The van der Waals surface area contributed by atoms with E-state index in [-0.39, 0.29) is 55.9 Å². The minimum absolute atomic E-state index is 0.0135. The van der Waals surface area contributed by atoms with Gasteiger partial charge in [0.25, 0.3) is 20.2 Å². The highest BCUT2D eigenvalue weighted by atomic mass is 32.2. The van der Waals surface area contributed by atoms with Crippen LogP contribution in [0.5, 0.6) is 5.88 Å². The van der Waals surface area contributed by atoms with Crippen molar-refractivity contribution in [2.45, 2.75) is 11.8 Å². The fraction of sp³-hybridized carbons (Fsp3) is 0.0455. The fourth-order valence-electron chi connectivity index (χ4n) is 6.83. The first-order valence-electron chi connectivity index (χ1n) is 19.6. The van der Waals surface area contributed by atoms with Crippen molar-refractivity contribution in [1.29, 1.82) is 5.26 Å². The number of nitrogens with zero attached hydrogens (tertiary/aromatic N) is 10. The molecule has 4 N–H and O–H groups in total. The summed E-state index contributed by atoms with van der Waals surface area (Å²) in [7, 11) is -11.4. The second kappa shape index (κ2) is 20.3. The number of aromatic hydroxyl groups is 1. The molecule has 0 aliphatic carbocycles. The van der Waals surface area contributed by atoms with Crippen molar-refractivity contribution in [2.75, 3.05) is 6.26 Å². The highest BCUT2D eigenvalue weighted by Crippen LogP contribution is 2.44. The number of hydrogen-bond acceptors (Lipinski definition) is 19. The molecule has 352 valence electrons. The zero-order chi connectivity index (χ0) is 50.5. The molecule has 0 aliphatic heterocycles. The van der Waals surface area contributed by atoms with E-state index >= 15 is 0 Å². The first kappa shape index (κ1) is 49.3. The van der Waals surface area contributed by atoms with Crippen molar-refractivity contribution in [3.05, 3.63) is 138 Å². The van der Waals surface area contributed by atoms with E-state index in [4.69, 9.17) is 22.2 Å². The Morgan fingerprint density at radius 1 is 0.729 bits per heavy atom. The van der Waals surface area contributed by atoms with Crippen molar-refractivity contribution >= 4 is 119 Å². The molecule has 22 nitrogen and oxygen atoms in total. The van der Waals surface area contributed by atoms with Gasteiger partial charge in [-0.2, -0.15) is 22.1 Å². The smallest absolute Gasteiger partial charge is 0.425 e. The summed E-state index contributed by atoms with van der Waals surface area (Å²) in [6, 6.07) is 36.0. The number of azo groups is 3. The largest absolute Gasteiger partial charge is 0.493 e. The number of nitriles is 1. The summed E-state index contributed by atoms with van der Waals surface area (Å²) in [5.74, 6) is -1.47. The van der Waals surface area contributed by atoms with E-state index in [0.29, 0.717) is 44.5 Å². The Morgan fingerprint density at radius 3 is 2.03 bits per heavy atom. The SMILES string of the molecule is CS(=O)(=O)O.Cc1c(N=Nc2ccc(N=Nc3nc(-c4ccc5ccccc5c4)c(N=Nc4ccccc4C(=O)O)s3)c3ccc(S(=O)(=O)O)cc23)c(O)n2c(nc3ccccc32)c1C#N.O=S(=O)=O. The maximum Gasteiger partial charge on any atom is 0.425 e. The maximum absolute atomic E-state index is 12.3. The highest BCUT2D eigenvalue weighted by molar-refractivity contribution is 7.86. The summed E-state index contributed by atoms with van der Waals surface area (Å²) in [5, 5.41) is 60.6. The average Bonchev–Trinajstić information content (AvgIpc) is 3.91. The van der Waals surface area contributed by atoms with Gasteiger partial charge in [-0.3, -0.25) is 13.5 Å². The first-order valence-corrected chi connectivity index (χ1v) is 24.7. The van der Waals surface area contributed by atoms with Gasteiger partial charge in [-0.25, -0.2) is 14.8 Å². The summed E-state index contributed by atoms with van der Waals surface area (Å²) in [6.45, 7) is 1.61. The van der Waals surface area contributed by atoms with Gasteiger partial charge in [0.1, 0.15) is 23.0 Å². The molecule has 0 aliphatic rings. The number of rotatable bonds is 9. The van der Waals surface area contributed by atoms with Crippen molar-refractivity contribution in [1.82, 2.24) is 14.4 Å². The Labute approximate surface area is 400 Å². The molecule has 0 fully saturated rings. The van der Waals surface area contributed by atoms with Crippen LogP contribution < -0.4 is 0 Å². The van der Waals surface area contributed by atoms with Crippen LogP contribution in [0.25, 0.3) is 49.5 Å². The molecule has 9 aromatic rings. The molecule has 26 heteroatoms. The Hall–Kier alpha value is -8.58. The predicted molar refractivity (Wildman–Crippen MR) is 256 cm³/mol. The normalized spacial score (nSPS) is 11.8. The van der Waals surface area contributed by atoms with Crippen LogP contribution in [-0.2, 0) is 30.8 Å². The second-order valence-electron chi connectivity index (χ2n) is 14.4. The molecule has 0 spiro atoms. The summed E-state index contributed by atoms with van der Waals surface area (Å²) in [4.78, 5) is 20.7. The number of para-hydroxylation sites is 2. The number of carboxylic acids is 1. The number of carboxylic acid groups (broad SMARTS) is 1. The number of fused-ring (bicyclic) bond motifs is 5. The van der Waals surface area contributed by atoms with Gasteiger partial charge in [0.05, 0.1) is 39.1 Å². The van der Waals surface area contributed by atoms with E-state index in [1.54, 1.807) is 55.5 Å². The van der Waals surface area contributed by atoms with E-state index < -0.39 is 41.7 Å². The monoisotopic (exact) mass is 1020 g/mol. The molecule has 0 saturated heterocycles. The van der Waals surface area contributed by atoms with E-state index in [1.165, 1.54) is 34.7 Å². The third kappa shape index (κ3) is 11.2. The van der Waals surface area contributed by atoms with Crippen LogP contribution in [0.15, 0.2) is 157 Å². The molecular formula is C44H30N10O12S4. The lowest BCUT2D eigenvalue weighted by atomic mass is 10.1. The Bertz CT molecular complexity index is 4060. The van der Waals surface area contributed by atoms with Gasteiger partial charge in [0, 0.05) is 21.9 Å². The Balaban J connectivity index is 0.000000738. The topological polar surface area (TPSA) is 346 Å². The summed E-state index contributed by atoms with van der Waals surface area (Å²) >= 11 is 1.06. The number of carbonyl (C=O) groups is 1. The predicted octanol–water partition coefficient (Wildman–Crippen LogP) is 10.5. The summed E-state index contributed by atoms with van der Waals surface area (Å²) < 4.78 is 87.1. The molecule has 0 atom stereocenters. The molecule has 0 bridgehead atoms. The van der Waals surface area contributed by atoms with Gasteiger partial charge in [-0.05, 0) is 72.3 Å². The maximum atomic E-state index is 12.3. The van der Waals surface area contributed by atoms with E-state index in [1.807, 2.05) is 42.5 Å². The zero-order valence-electron chi connectivity index (χ0n) is 35.7. The molecule has 9 rings (SSSR count). The van der Waals surface area contributed by atoms with Crippen LogP contribution in [0.1, 0.15) is 21.5 Å². The standard InChI is InChI=1S/C43H26N10O6S2.CH4O3S.O3S/c1-23-31(22-44)39-45-35-12-6-7-13-36(35)53(39)41(54)37(23)50-47-34-19-18-33(28-17-16-27(21-30(28)34)61(57,58)59)49-52-43-46-38(26-15-14-24-8-2-3-9-25(24)20-26)40(60-43)51-48-32-11-5-4-10-29(32)42(55)56;1-5(2,3)4;1-4(2)3/h2-21,54H,1H3,(H,55,56)(H,57,58,59);1H3,(H,2,3,4);. The molecule has 0 unspecified atom stereocenters. The van der Waals surface area contributed by atoms with Crippen molar-refractivity contribution in [3.8, 4) is 23.2 Å². The molecule has 0 saturated carbocycles. The second-order valence-corrected chi connectivity index (χ2v) is 18.7. The number of thiazole rings is 1. The highest BCUT2D eigenvalue weighted by Gasteiger charge is 2.22. The van der Waals surface area contributed by atoms with Crippen molar-refractivity contribution in [3.63, 3.8) is 0 Å². The third-order valence-corrected chi connectivity index (χ3v) is 11.5. The zero-order valence-corrected chi connectivity index (χ0v) is 39.0. The van der Waals surface area contributed by atoms with Crippen LogP contribution >= 0.6 is 11.3 Å². The molecule has 3 aromatic heterocycles. The van der Waals surface area contributed by atoms with Crippen LogP contribution in [0.2, 0.25) is 0 Å². The van der Waals surface area contributed by atoms with Crippen LogP contribution in [0.3, 0.4) is 0 Å². The molecule has 70 heavy (non-hydrogen) atoms. The fourth-order valence-corrected chi connectivity index (χ4v) is 8.07. The van der Waals surface area contributed by atoms with Gasteiger partial charge in [-0.1, -0.05) is 78.1 Å². The number of hydrogen-bond donors (Lipinski definition) is 4. The number of benzene rings is 6. The lowest BCUT2D eigenvalue weighted by Gasteiger charge is -2.09. The van der Waals surface area contributed by atoms with Crippen molar-refractivity contribution < 1.29 is 53.6 Å². The Morgan fingerprint density at radius 2 is 1.34 bits per heavy atom. The molecule has 0 amide bonds. The molecule has 6 aromatic carbocycles. The van der Waals surface area contributed by atoms with Gasteiger partial charge < -0.3 is 10.2 Å². The van der Waals surface area contributed by atoms with Crippen molar-refractivity contribution in [2.24, 2.45) is 30.7 Å². The lowest BCUT2D eigenvalue weighted by molar-refractivity contribution is 0.0697. The minimum atomic E-state index is -4.66. The van der Waals surface area contributed by atoms with Crippen LogP contribution in [0, 0.1) is 18.3 Å². The molecular weight excluding hydrogens is 989 g/mol. The van der Waals surface area contributed by atoms with E-state index in [2.05, 4.69) is 41.7 Å². The minimum Gasteiger partial charge on any atom is -0.493 e. The van der Waals surface area contributed by atoms with Crippen LogP contribution in [0.4, 0.5) is 32.9 Å². The van der Waals surface area contributed by atoms with E-state index in [9.17, 15) is 41.7 Å². The van der Waals surface area contributed by atoms with Crippen LogP contribution in [-0.4, -0.2) is 75.4 Å². The number of imidazole rings is 1. The first-order chi connectivity index (χ1) is 33.2. The van der Waals surface area contributed by atoms with Gasteiger partial charge >= 0.3 is 16.6 Å². The lowest BCUT2D eigenvalue weighted by Crippen LogP contribution is -1.97. The van der Waals surface area contributed by atoms with Gasteiger partial charge in [0.15, 0.2) is 16.3 Å². The summed E-state index contributed by atoms with van der Waals surface area (Å²) in [6.07, 6.45) is 0.715. The van der Waals surface area contributed by atoms with Gasteiger partial charge in [0.2, 0.25) is 11.0 Å². The number of aromatic nitrogens is 3. The third-order valence-electron chi connectivity index (χ3n) is 9.79.